The number of piperidine rings is 1. The van der Waals surface area contributed by atoms with Crippen molar-refractivity contribution in [2.45, 2.75) is 52.5 Å². The fourth-order valence-corrected chi connectivity index (χ4v) is 3.50. The molecule has 2 aromatic rings. The molecule has 0 aliphatic carbocycles. The molecule has 1 atom stereocenters. The van der Waals surface area contributed by atoms with E-state index in [1.807, 2.05) is 37.9 Å². The fraction of sp³-hybridized carbons (Fsp3) is 0.571. The lowest BCUT2D eigenvalue weighted by atomic mass is 10.1. The van der Waals surface area contributed by atoms with Crippen LogP contribution in [0.1, 0.15) is 43.1 Å². The standard InChI is InChI=1S/C21H30N4O3.ClH/c1-14-10-17(21-23-18(24-28-21)12-16(3)22-4)11-15(2)20(14)27-13-19(26)25-8-6-5-7-9-25;/h10-11,16,22H,5-9,12-13H2,1-4H3;1H. The number of nitrogens with one attached hydrogen (secondary N) is 1. The van der Waals surface area contributed by atoms with Crippen LogP contribution in [0.15, 0.2) is 16.7 Å². The molecule has 8 heteroatoms. The summed E-state index contributed by atoms with van der Waals surface area (Å²) < 4.78 is 11.3. The van der Waals surface area contributed by atoms with Crippen LogP contribution in [0.2, 0.25) is 0 Å². The van der Waals surface area contributed by atoms with E-state index < -0.39 is 0 Å². The van der Waals surface area contributed by atoms with E-state index in [2.05, 4.69) is 22.4 Å². The third kappa shape index (κ3) is 5.93. The second kappa shape index (κ2) is 10.6. The summed E-state index contributed by atoms with van der Waals surface area (Å²) in [7, 11) is 1.91. The number of halogens is 1. The number of amides is 1. The summed E-state index contributed by atoms with van der Waals surface area (Å²) in [6, 6.07) is 4.21. The number of hydrogen-bond acceptors (Lipinski definition) is 6. The molecule has 1 aromatic carbocycles. The molecule has 0 saturated carbocycles. The molecule has 1 saturated heterocycles. The van der Waals surface area contributed by atoms with Gasteiger partial charge in [-0.1, -0.05) is 5.16 Å². The van der Waals surface area contributed by atoms with Crippen molar-refractivity contribution in [2.24, 2.45) is 0 Å². The van der Waals surface area contributed by atoms with Crippen molar-refractivity contribution in [2.75, 3.05) is 26.7 Å². The van der Waals surface area contributed by atoms with E-state index in [1.165, 1.54) is 6.42 Å². The Kier molecular flexibility index (Phi) is 8.46. The van der Waals surface area contributed by atoms with E-state index >= 15 is 0 Å². The van der Waals surface area contributed by atoms with E-state index in [9.17, 15) is 4.79 Å². The van der Waals surface area contributed by atoms with Crippen molar-refractivity contribution in [3.8, 4) is 17.2 Å². The van der Waals surface area contributed by atoms with Gasteiger partial charge in [-0.05, 0) is 70.3 Å². The highest BCUT2D eigenvalue weighted by atomic mass is 35.5. The number of carbonyl (C=O) groups excluding carboxylic acids is 1. The van der Waals surface area contributed by atoms with Gasteiger partial charge < -0.3 is 19.5 Å². The topological polar surface area (TPSA) is 80.5 Å². The van der Waals surface area contributed by atoms with E-state index in [-0.39, 0.29) is 31.0 Å². The molecule has 160 valence electrons. The molecule has 0 spiro atoms. The minimum Gasteiger partial charge on any atom is -0.483 e. The van der Waals surface area contributed by atoms with Gasteiger partial charge in [-0.2, -0.15) is 4.98 Å². The molecule has 1 N–H and O–H groups in total. The number of aromatic nitrogens is 2. The molecule has 1 aromatic heterocycles. The van der Waals surface area contributed by atoms with E-state index in [1.54, 1.807) is 0 Å². The number of likely N-dealkylation sites (N-methyl/N-ethyl adjacent to an activating group) is 1. The maximum Gasteiger partial charge on any atom is 0.260 e. The fourth-order valence-electron chi connectivity index (χ4n) is 3.50. The summed E-state index contributed by atoms with van der Waals surface area (Å²) in [6.45, 7) is 7.76. The first-order valence-corrected chi connectivity index (χ1v) is 10.00. The molecule has 1 aliphatic rings. The Hall–Kier alpha value is -2.12. The quantitative estimate of drug-likeness (QED) is 0.737. The molecule has 29 heavy (non-hydrogen) atoms. The number of ether oxygens (including phenoxy) is 1. The molecule has 2 heterocycles. The summed E-state index contributed by atoms with van der Waals surface area (Å²) in [5, 5.41) is 7.23. The average Bonchev–Trinajstić information content (AvgIpc) is 3.16. The number of benzene rings is 1. The third-order valence-electron chi connectivity index (χ3n) is 5.21. The number of rotatable bonds is 7. The minimum atomic E-state index is 0. The Balaban J connectivity index is 0.00000300. The molecule has 3 rings (SSSR count). The molecule has 7 nitrogen and oxygen atoms in total. The maximum absolute atomic E-state index is 12.4. The molecule has 0 bridgehead atoms. The van der Waals surface area contributed by atoms with Gasteiger partial charge in [0.25, 0.3) is 11.8 Å². The summed E-state index contributed by atoms with van der Waals surface area (Å²) in [5.41, 5.74) is 2.76. The van der Waals surface area contributed by atoms with E-state index in [0.717, 1.165) is 48.4 Å². The van der Waals surface area contributed by atoms with Crippen molar-refractivity contribution >= 4 is 18.3 Å². The Morgan fingerprint density at radius 1 is 1.24 bits per heavy atom. The van der Waals surface area contributed by atoms with Gasteiger partial charge in [0.05, 0.1) is 0 Å². The van der Waals surface area contributed by atoms with Gasteiger partial charge in [0, 0.05) is 31.1 Å². The SMILES string of the molecule is CNC(C)Cc1noc(-c2cc(C)c(OCC(=O)N3CCCCC3)c(C)c2)n1.Cl. The molecule has 1 fully saturated rings. The molecule has 0 radical (unpaired) electrons. The summed E-state index contributed by atoms with van der Waals surface area (Å²) in [6.07, 6.45) is 4.07. The summed E-state index contributed by atoms with van der Waals surface area (Å²) in [4.78, 5) is 18.8. The van der Waals surface area contributed by atoms with Crippen LogP contribution in [-0.2, 0) is 11.2 Å². The highest BCUT2D eigenvalue weighted by molar-refractivity contribution is 5.85. The zero-order valence-electron chi connectivity index (χ0n) is 17.7. The van der Waals surface area contributed by atoms with E-state index in [4.69, 9.17) is 9.26 Å². The normalized spacial score (nSPS) is 15.0. The predicted molar refractivity (Wildman–Crippen MR) is 115 cm³/mol. The molecule has 1 aliphatic heterocycles. The van der Waals surface area contributed by atoms with Gasteiger partial charge in [0.15, 0.2) is 12.4 Å². The van der Waals surface area contributed by atoms with Gasteiger partial charge in [0.2, 0.25) is 0 Å². The minimum absolute atomic E-state index is 0. The lowest BCUT2D eigenvalue weighted by molar-refractivity contribution is -0.134. The van der Waals surface area contributed by atoms with E-state index in [0.29, 0.717) is 18.1 Å². The zero-order chi connectivity index (χ0) is 20.1. The molecule has 1 amide bonds. The number of aryl methyl sites for hydroxylation is 2. The van der Waals surface area contributed by atoms with Crippen molar-refractivity contribution in [1.29, 1.82) is 0 Å². The second-order valence-electron chi connectivity index (χ2n) is 7.58. The van der Waals surface area contributed by atoms with Crippen LogP contribution in [0.4, 0.5) is 0 Å². The zero-order valence-corrected chi connectivity index (χ0v) is 18.5. The highest BCUT2D eigenvalue weighted by Gasteiger charge is 2.19. The highest BCUT2D eigenvalue weighted by Crippen LogP contribution is 2.29. The Labute approximate surface area is 178 Å². The van der Waals surface area contributed by atoms with Gasteiger partial charge in [-0.15, -0.1) is 12.4 Å². The van der Waals surface area contributed by atoms with Crippen molar-refractivity contribution in [3.05, 3.63) is 29.1 Å². The van der Waals surface area contributed by atoms with Crippen molar-refractivity contribution in [1.82, 2.24) is 20.4 Å². The first kappa shape index (κ1) is 23.2. The molecule has 1 unspecified atom stereocenters. The third-order valence-corrected chi connectivity index (χ3v) is 5.21. The largest absolute Gasteiger partial charge is 0.483 e. The second-order valence-corrected chi connectivity index (χ2v) is 7.58. The summed E-state index contributed by atoms with van der Waals surface area (Å²) in [5.74, 6) is 1.99. The van der Waals surface area contributed by atoms with Gasteiger partial charge in [-0.3, -0.25) is 4.79 Å². The predicted octanol–water partition coefficient (Wildman–Crippen LogP) is 3.32. The number of likely N-dealkylation sites (tertiary alicyclic amines) is 1. The average molecular weight is 423 g/mol. The Morgan fingerprint density at radius 2 is 1.90 bits per heavy atom. The van der Waals surface area contributed by atoms with Crippen LogP contribution in [0.25, 0.3) is 11.5 Å². The van der Waals surface area contributed by atoms with Gasteiger partial charge in [-0.25, -0.2) is 0 Å². The molecular formula is C21H31ClN4O3. The first-order valence-electron chi connectivity index (χ1n) is 10.00. The Bertz CT molecular complexity index is 795. The van der Waals surface area contributed by atoms with Gasteiger partial charge >= 0.3 is 0 Å². The lowest BCUT2D eigenvalue weighted by Crippen LogP contribution is -2.38. The van der Waals surface area contributed by atoms with Crippen LogP contribution in [-0.4, -0.2) is 53.7 Å². The van der Waals surface area contributed by atoms with Crippen molar-refractivity contribution < 1.29 is 14.1 Å². The van der Waals surface area contributed by atoms with Crippen LogP contribution in [0.5, 0.6) is 5.75 Å². The number of nitrogens with zero attached hydrogens (tertiary/aromatic N) is 3. The van der Waals surface area contributed by atoms with Crippen molar-refractivity contribution in [3.63, 3.8) is 0 Å². The monoisotopic (exact) mass is 422 g/mol. The van der Waals surface area contributed by atoms with Crippen LogP contribution >= 0.6 is 12.4 Å². The van der Waals surface area contributed by atoms with Crippen LogP contribution in [0, 0.1) is 13.8 Å². The first-order chi connectivity index (χ1) is 13.5. The number of hydrogen-bond donors (Lipinski definition) is 1. The van der Waals surface area contributed by atoms with Gasteiger partial charge in [0.1, 0.15) is 5.75 Å². The smallest absolute Gasteiger partial charge is 0.260 e. The maximum atomic E-state index is 12.4. The Morgan fingerprint density at radius 3 is 2.52 bits per heavy atom. The number of carbonyl (C=O) groups is 1. The molecular weight excluding hydrogens is 392 g/mol. The summed E-state index contributed by atoms with van der Waals surface area (Å²) >= 11 is 0. The van der Waals surface area contributed by atoms with Crippen LogP contribution < -0.4 is 10.1 Å². The van der Waals surface area contributed by atoms with Crippen LogP contribution in [0.3, 0.4) is 0 Å². The lowest BCUT2D eigenvalue weighted by Gasteiger charge is -2.26.